The molecule has 1 heterocycles. The molecule has 0 fully saturated rings. The van der Waals surface area contributed by atoms with Crippen LogP contribution in [0, 0.1) is 28.7 Å². The zero-order chi connectivity index (χ0) is 15.0. The quantitative estimate of drug-likeness (QED) is 0.349. The number of halogens is 4. The Kier molecular flexibility index (Phi) is 3.96. The molecule has 0 N–H and O–H groups in total. The molecule has 0 bridgehead atoms. The molecule has 0 atom stereocenters. The van der Waals surface area contributed by atoms with Crippen LogP contribution in [-0.2, 0) is 0 Å². The zero-order valence-corrected chi connectivity index (χ0v) is 12.2. The highest BCUT2D eigenvalue weighted by Crippen LogP contribution is 2.36. The molecular weight excluding hydrogens is 359 g/mol. The molecule has 0 spiro atoms. The number of nitrogens with zero attached hydrogens (tertiary/aromatic N) is 3. The van der Waals surface area contributed by atoms with Crippen LogP contribution in [0.4, 0.5) is 14.5 Å². The van der Waals surface area contributed by atoms with E-state index in [1.165, 1.54) is 6.92 Å². The summed E-state index contributed by atoms with van der Waals surface area (Å²) in [5.74, 6) is -1.98. The normalized spacial score (nSPS) is 10.7. The molecule has 104 valence electrons. The summed E-state index contributed by atoms with van der Waals surface area (Å²) < 4.78 is 27.8. The minimum absolute atomic E-state index is 0.0458. The summed E-state index contributed by atoms with van der Waals surface area (Å²) >= 11 is 8.51. The second-order valence-corrected chi connectivity index (χ2v) is 4.94. The minimum atomic E-state index is -0.998. The molecule has 0 unspecified atom stereocenters. The molecule has 9 heteroatoms. The van der Waals surface area contributed by atoms with Gasteiger partial charge in [-0.25, -0.2) is 18.7 Å². The number of aromatic nitrogens is 2. The molecule has 0 aliphatic heterocycles. The van der Waals surface area contributed by atoms with Crippen LogP contribution in [0.5, 0.6) is 0 Å². The first-order valence-electron chi connectivity index (χ1n) is 5.15. The van der Waals surface area contributed by atoms with Gasteiger partial charge in [0.15, 0.2) is 5.69 Å². The Morgan fingerprint density at radius 3 is 2.60 bits per heavy atom. The topological polar surface area (TPSA) is 68.9 Å². The lowest BCUT2D eigenvalue weighted by molar-refractivity contribution is -0.385. The molecule has 1 aromatic carbocycles. The third-order valence-electron chi connectivity index (χ3n) is 2.49. The fourth-order valence-electron chi connectivity index (χ4n) is 1.67. The molecule has 0 aliphatic carbocycles. The highest BCUT2D eigenvalue weighted by Gasteiger charge is 2.28. The van der Waals surface area contributed by atoms with Crippen LogP contribution in [0.25, 0.3) is 11.3 Å². The monoisotopic (exact) mass is 363 g/mol. The minimum Gasteiger partial charge on any atom is -0.258 e. The molecule has 20 heavy (non-hydrogen) atoms. The molecule has 0 amide bonds. The number of nitro groups is 1. The van der Waals surface area contributed by atoms with Crippen molar-refractivity contribution in [2.75, 3.05) is 0 Å². The Bertz CT molecular complexity index is 727. The van der Waals surface area contributed by atoms with E-state index in [9.17, 15) is 18.9 Å². The summed E-state index contributed by atoms with van der Waals surface area (Å²) in [4.78, 5) is 17.5. The van der Waals surface area contributed by atoms with Crippen molar-refractivity contribution in [2.45, 2.75) is 6.92 Å². The Morgan fingerprint density at radius 2 is 2.00 bits per heavy atom. The van der Waals surface area contributed by atoms with E-state index in [1.54, 1.807) is 0 Å². The van der Waals surface area contributed by atoms with Gasteiger partial charge in [-0.1, -0.05) is 0 Å². The van der Waals surface area contributed by atoms with Crippen LogP contribution < -0.4 is 0 Å². The smallest absolute Gasteiger partial charge is 0.258 e. The fourth-order valence-corrected chi connectivity index (χ4v) is 2.21. The predicted octanol–water partition coefficient (Wildman–Crippen LogP) is 4.05. The standard InChI is InChI=1S/C11H5BrClF2N3O2/c1-4-10(18(19)20)9(17-11(13)16-4)7-6(14)3-2-5(12)8(7)15/h2-3H,1H3. The number of benzene rings is 1. The summed E-state index contributed by atoms with van der Waals surface area (Å²) in [5, 5.41) is 10.7. The summed E-state index contributed by atoms with van der Waals surface area (Å²) in [5.41, 5.74) is -1.80. The highest BCUT2D eigenvalue weighted by atomic mass is 79.9. The van der Waals surface area contributed by atoms with Crippen molar-refractivity contribution in [3.8, 4) is 11.3 Å². The van der Waals surface area contributed by atoms with Gasteiger partial charge in [-0.15, -0.1) is 0 Å². The molecule has 0 saturated heterocycles. The maximum atomic E-state index is 14.0. The lowest BCUT2D eigenvalue weighted by atomic mass is 10.1. The third kappa shape index (κ3) is 2.48. The zero-order valence-electron chi connectivity index (χ0n) is 9.82. The molecular formula is C11H5BrClF2N3O2. The highest BCUT2D eigenvalue weighted by molar-refractivity contribution is 9.10. The number of aryl methyl sites for hydroxylation is 1. The summed E-state index contributed by atoms with van der Waals surface area (Å²) in [6.07, 6.45) is 0. The fraction of sp³-hybridized carbons (Fsp3) is 0.0909. The van der Waals surface area contributed by atoms with E-state index in [0.717, 1.165) is 12.1 Å². The first kappa shape index (κ1) is 14.7. The van der Waals surface area contributed by atoms with Gasteiger partial charge < -0.3 is 0 Å². The molecule has 0 aliphatic rings. The average molecular weight is 365 g/mol. The van der Waals surface area contributed by atoms with Gasteiger partial charge in [0, 0.05) is 0 Å². The summed E-state index contributed by atoms with van der Waals surface area (Å²) in [6, 6.07) is 2.12. The number of rotatable bonds is 2. The summed E-state index contributed by atoms with van der Waals surface area (Å²) in [7, 11) is 0. The average Bonchev–Trinajstić information content (AvgIpc) is 2.33. The van der Waals surface area contributed by atoms with Crippen molar-refractivity contribution >= 4 is 33.2 Å². The van der Waals surface area contributed by atoms with E-state index in [2.05, 4.69) is 25.9 Å². The first-order chi connectivity index (χ1) is 9.32. The van der Waals surface area contributed by atoms with Crippen molar-refractivity contribution in [2.24, 2.45) is 0 Å². The largest absolute Gasteiger partial charge is 0.316 e. The van der Waals surface area contributed by atoms with Crippen LogP contribution >= 0.6 is 27.5 Å². The van der Waals surface area contributed by atoms with Gasteiger partial charge in [0.05, 0.1) is 15.0 Å². The van der Waals surface area contributed by atoms with Crippen molar-refractivity contribution in [3.05, 3.63) is 49.3 Å². The van der Waals surface area contributed by atoms with Gasteiger partial charge in [-0.05, 0) is 46.6 Å². The second kappa shape index (κ2) is 5.37. The van der Waals surface area contributed by atoms with Crippen LogP contribution in [0.2, 0.25) is 5.28 Å². The molecule has 5 nitrogen and oxygen atoms in total. The van der Waals surface area contributed by atoms with Crippen molar-refractivity contribution in [1.82, 2.24) is 9.97 Å². The Labute approximate surface area is 124 Å². The Balaban J connectivity index is 2.89. The van der Waals surface area contributed by atoms with E-state index < -0.39 is 33.5 Å². The van der Waals surface area contributed by atoms with Gasteiger partial charge >= 0.3 is 5.69 Å². The molecule has 2 aromatic rings. The van der Waals surface area contributed by atoms with Crippen LogP contribution in [-0.4, -0.2) is 14.9 Å². The number of hydrogen-bond acceptors (Lipinski definition) is 4. The van der Waals surface area contributed by atoms with Crippen LogP contribution in [0.3, 0.4) is 0 Å². The lowest BCUT2D eigenvalue weighted by Gasteiger charge is -2.08. The van der Waals surface area contributed by atoms with Crippen LogP contribution in [0.15, 0.2) is 16.6 Å². The van der Waals surface area contributed by atoms with Crippen molar-refractivity contribution in [1.29, 1.82) is 0 Å². The SMILES string of the molecule is Cc1nc(Cl)nc(-c2c(F)ccc(Br)c2F)c1[N+](=O)[O-]. The van der Waals surface area contributed by atoms with Gasteiger partial charge in [0.25, 0.3) is 0 Å². The Morgan fingerprint density at radius 1 is 1.35 bits per heavy atom. The van der Waals surface area contributed by atoms with Gasteiger partial charge in [-0.3, -0.25) is 10.1 Å². The molecule has 0 saturated carbocycles. The van der Waals surface area contributed by atoms with E-state index in [4.69, 9.17) is 11.6 Å². The second-order valence-electron chi connectivity index (χ2n) is 3.75. The van der Waals surface area contributed by atoms with Gasteiger partial charge in [0.1, 0.15) is 17.3 Å². The van der Waals surface area contributed by atoms with Gasteiger partial charge in [-0.2, -0.15) is 0 Å². The summed E-state index contributed by atoms with van der Waals surface area (Å²) in [6.45, 7) is 1.31. The molecule has 1 aromatic heterocycles. The van der Waals surface area contributed by atoms with Crippen molar-refractivity contribution < 1.29 is 13.7 Å². The molecule has 2 rings (SSSR count). The van der Waals surface area contributed by atoms with E-state index in [-0.39, 0.29) is 15.5 Å². The lowest BCUT2D eigenvalue weighted by Crippen LogP contribution is -2.04. The van der Waals surface area contributed by atoms with E-state index >= 15 is 0 Å². The van der Waals surface area contributed by atoms with Gasteiger partial charge in [0.2, 0.25) is 5.28 Å². The number of hydrogen-bond donors (Lipinski definition) is 0. The molecule has 0 radical (unpaired) electrons. The maximum absolute atomic E-state index is 14.0. The Hall–Kier alpha value is -1.67. The predicted molar refractivity (Wildman–Crippen MR) is 71.5 cm³/mol. The maximum Gasteiger partial charge on any atom is 0.316 e. The van der Waals surface area contributed by atoms with E-state index in [0.29, 0.717) is 0 Å². The van der Waals surface area contributed by atoms with E-state index in [1.807, 2.05) is 0 Å². The van der Waals surface area contributed by atoms with Crippen molar-refractivity contribution in [3.63, 3.8) is 0 Å². The van der Waals surface area contributed by atoms with Crippen LogP contribution in [0.1, 0.15) is 5.69 Å². The third-order valence-corrected chi connectivity index (χ3v) is 3.28. The first-order valence-corrected chi connectivity index (χ1v) is 6.32.